The molecule has 5 rings (SSSR count). The van der Waals surface area contributed by atoms with E-state index in [0.29, 0.717) is 42.6 Å². The fraction of sp³-hybridized carbons (Fsp3) is 0.333. The summed E-state index contributed by atoms with van der Waals surface area (Å²) in [5.41, 5.74) is 2.24. The first-order valence-electron chi connectivity index (χ1n) is 12.4. The number of ether oxygens (including phenoxy) is 1. The quantitative estimate of drug-likeness (QED) is 0.353. The molecule has 4 aromatic rings. The third-order valence-corrected chi connectivity index (χ3v) is 6.63. The summed E-state index contributed by atoms with van der Waals surface area (Å²) in [5, 5.41) is 6.21. The van der Waals surface area contributed by atoms with E-state index in [-0.39, 0.29) is 18.3 Å². The van der Waals surface area contributed by atoms with E-state index < -0.39 is 0 Å². The first-order valence-corrected chi connectivity index (χ1v) is 12.7. The smallest absolute Gasteiger partial charge is 0.260 e. The third kappa shape index (κ3) is 5.36. The predicted molar refractivity (Wildman–Crippen MR) is 141 cm³/mol. The fourth-order valence-corrected chi connectivity index (χ4v) is 4.59. The second kappa shape index (κ2) is 10.7. The normalized spacial score (nSPS) is 13.8. The number of aromatic nitrogens is 4. The molecule has 0 spiro atoms. The Labute approximate surface area is 219 Å². The predicted octanol–water partition coefficient (Wildman–Crippen LogP) is 4.60. The van der Waals surface area contributed by atoms with Crippen molar-refractivity contribution in [1.29, 1.82) is 0 Å². The number of hydrogen-bond donors (Lipinski definition) is 0. The molecule has 3 heterocycles. The van der Waals surface area contributed by atoms with Crippen molar-refractivity contribution in [3.05, 3.63) is 70.9 Å². The van der Waals surface area contributed by atoms with Gasteiger partial charge in [0.2, 0.25) is 0 Å². The molecule has 0 bridgehead atoms. The Morgan fingerprint density at radius 3 is 2.41 bits per heavy atom. The molecular formula is C27H28ClFN6O2. The number of carbonyl (C=O) groups is 1. The number of hydrogen-bond acceptors (Lipinski definition) is 6. The van der Waals surface area contributed by atoms with E-state index in [4.69, 9.17) is 31.4 Å². The molecule has 8 nitrogen and oxygen atoms in total. The first-order chi connectivity index (χ1) is 17.9. The van der Waals surface area contributed by atoms with Gasteiger partial charge in [-0.1, -0.05) is 18.5 Å². The Morgan fingerprint density at radius 2 is 1.73 bits per heavy atom. The second-order valence-electron chi connectivity index (χ2n) is 9.00. The highest BCUT2D eigenvalue weighted by atomic mass is 35.5. The Morgan fingerprint density at radius 1 is 1.03 bits per heavy atom. The van der Waals surface area contributed by atoms with Gasteiger partial charge >= 0.3 is 0 Å². The highest BCUT2D eigenvalue weighted by molar-refractivity contribution is 6.30. The van der Waals surface area contributed by atoms with Crippen LogP contribution in [0, 0.1) is 12.7 Å². The third-order valence-electron chi connectivity index (χ3n) is 6.38. The number of halogens is 2. The summed E-state index contributed by atoms with van der Waals surface area (Å²) in [4.78, 5) is 26.5. The molecule has 0 aliphatic carbocycles. The summed E-state index contributed by atoms with van der Waals surface area (Å²) in [7, 11) is 0. The van der Waals surface area contributed by atoms with E-state index in [1.807, 2.05) is 11.8 Å². The van der Waals surface area contributed by atoms with Crippen molar-refractivity contribution in [2.45, 2.75) is 26.7 Å². The molecule has 10 heteroatoms. The average molecular weight is 523 g/mol. The van der Waals surface area contributed by atoms with Gasteiger partial charge in [-0.3, -0.25) is 4.79 Å². The van der Waals surface area contributed by atoms with E-state index in [1.165, 1.54) is 12.1 Å². The van der Waals surface area contributed by atoms with Gasteiger partial charge in [-0.05, 0) is 61.9 Å². The Balaban J connectivity index is 1.35. The molecule has 2 aromatic carbocycles. The van der Waals surface area contributed by atoms with Crippen LogP contribution >= 0.6 is 11.6 Å². The van der Waals surface area contributed by atoms with Crippen molar-refractivity contribution < 1.29 is 13.9 Å². The lowest BCUT2D eigenvalue weighted by atomic mass is 10.2. The van der Waals surface area contributed by atoms with Crippen LogP contribution in [0.25, 0.3) is 16.7 Å². The molecule has 192 valence electrons. The van der Waals surface area contributed by atoms with Crippen LogP contribution in [0.1, 0.15) is 24.9 Å². The number of piperazine rings is 1. The van der Waals surface area contributed by atoms with Crippen molar-refractivity contribution >= 4 is 34.4 Å². The molecule has 0 N–H and O–H groups in total. The summed E-state index contributed by atoms with van der Waals surface area (Å²) < 4.78 is 20.9. The van der Waals surface area contributed by atoms with Crippen LogP contribution in [0.3, 0.4) is 0 Å². The summed E-state index contributed by atoms with van der Waals surface area (Å²) in [6, 6.07) is 13.2. The number of benzene rings is 2. The molecular weight excluding hydrogens is 495 g/mol. The summed E-state index contributed by atoms with van der Waals surface area (Å²) in [5.74, 6) is 1.81. The van der Waals surface area contributed by atoms with E-state index in [0.717, 1.165) is 41.3 Å². The zero-order chi connectivity index (χ0) is 25.9. The molecule has 1 aliphatic heterocycles. The maximum absolute atomic E-state index is 13.5. The molecule has 0 saturated carbocycles. The summed E-state index contributed by atoms with van der Waals surface area (Å²) >= 11 is 5.91. The Kier molecular flexibility index (Phi) is 7.23. The summed E-state index contributed by atoms with van der Waals surface area (Å²) in [6.07, 6.45) is 1.64. The van der Waals surface area contributed by atoms with Crippen LogP contribution < -0.4 is 9.64 Å². The molecule has 37 heavy (non-hydrogen) atoms. The zero-order valence-corrected chi connectivity index (χ0v) is 21.6. The van der Waals surface area contributed by atoms with Gasteiger partial charge in [0, 0.05) is 37.6 Å². The minimum absolute atomic E-state index is 0.0242. The van der Waals surface area contributed by atoms with Gasteiger partial charge in [0.05, 0.1) is 16.8 Å². The lowest BCUT2D eigenvalue weighted by molar-refractivity contribution is -0.133. The van der Waals surface area contributed by atoms with E-state index in [1.54, 1.807) is 41.1 Å². The Bertz CT molecular complexity index is 1400. The molecule has 2 aromatic heterocycles. The number of anilines is 1. The monoisotopic (exact) mass is 522 g/mol. The highest BCUT2D eigenvalue weighted by Crippen LogP contribution is 2.30. The van der Waals surface area contributed by atoms with Crippen molar-refractivity contribution in [3.63, 3.8) is 0 Å². The maximum atomic E-state index is 13.5. The van der Waals surface area contributed by atoms with Crippen molar-refractivity contribution in [1.82, 2.24) is 24.6 Å². The number of amides is 1. The molecule has 1 saturated heterocycles. The maximum Gasteiger partial charge on any atom is 0.260 e. The van der Waals surface area contributed by atoms with Gasteiger partial charge < -0.3 is 14.5 Å². The molecule has 1 amide bonds. The molecule has 0 unspecified atom stereocenters. The van der Waals surface area contributed by atoms with Gasteiger partial charge in [0.15, 0.2) is 12.3 Å². The van der Waals surface area contributed by atoms with Crippen molar-refractivity contribution in [2.24, 2.45) is 0 Å². The van der Waals surface area contributed by atoms with Gasteiger partial charge in [-0.2, -0.15) is 5.10 Å². The largest absolute Gasteiger partial charge is 0.484 e. The minimum atomic E-state index is -0.301. The first kappa shape index (κ1) is 25.0. The zero-order valence-electron chi connectivity index (χ0n) is 20.8. The van der Waals surface area contributed by atoms with Crippen LogP contribution in [0.2, 0.25) is 5.02 Å². The Hall–Kier alpha value is -3.72. The van der Waals surface area contributed by atoms with Crippen molar-refractivity contribution in [3.8, 4) is 11.4 Å². The molecule has 0 atom stereocenters. The minimum Gasteiger partial charge on any atom is -0.484 e. The number of fused-ring (bicyclic) bond motifs is 1. The summed E-state index contributed by atoms with van der Waals surface area (Å²) in [6.45, 7) is 6.38. The van der Waals surface area contributed by atoms with Crippen LogP contribution in [-0.4, -0.2) is 63.3 Å². The van der Waals surface area contributed by atoms with Crippen molar-refractivity contribution in [2.75, 3.05) is 37.7 Å². The number of rotatable bonds is 7. The fourth-order valence-electron chi connectivity index (χ4n) is 4.47. The van der Waals surface area contributed by atoms with Gasteiger partial charge in [-0.25, -0.2) is 19.0 Å². The SMILES string of the molecule is CCCc1nc(N2CCN(C(=O)COc3ccc(Cl)cc3)CC2)c2c(C)nn(-c3ccc(F)cc3)c2n1. The lowest BCUT2D eigenvalue weighted by Gasteiger charge is -2.35. The lowest BCUT2D eigenvalue weighted by Crippen LogP contribution is -2.50. The van der Waals surface area contributed by atoms with Crippen LogP contribution in [-0.2, 0) is 11.2 Å². The van der Waals surface area contributed by atoms with Crippen LogP contribution in [0.4, 0.5) is 10.2 Å². The average Bonchev–Trinajstić information content (AvgIpc) is 3.24. The topological polar surface area (TPSA) is 76.4 Å². The van der Waals surface area contributed by atoms with E-state index >= 15 is 0 Å². The molecule has 0 radical (unpaired) electrons. The van der Waals surface area contributed by atoms with Crippen LogP contribution in [0.15, 0.2) is 48.5 Å². The standard InChI is InChI=1S/C27H28ClFN6O2/c1-3-4-23-30-26(25-18(2)32-35(27(25)31-23)21-9-7-20(29)8-10-21)34-15-13-33(14-16-34)24(36)17-37-22-11-5-19(28)6-12-22/h5-12H,3-4,13-17H2,1-2H3. The highest BCUT2D eigenvalue weighted by Gasteiger charge is 2.26. The number of nitrogens with zero attached hydrogens (tertiary/aromatic N) is 6. The van der Waals surface area contributed by atoms with Crippen LogP contribution in [0.5, 0.6) is 5.75 Å². The van der Waals surface area contributed by atoms with E-state index in [2.05, 4.69) is 11.8 Å². The second-order valence-corrected chi connectivity index (χ2v) is 9.43. The van der Waals surface area contributed by atoms with Gasteiger partial charge in [0.1, 0.15) is 23.2 Å². The van der Waals surface area contributed by atoms with E-state index in [9.17, 15) is 9.18 Å². The number of aryl methyl sites for hydroxylation is 2. The molecule has 1 fully saturated rings. The molecule has 1 aliphatic rings. The van der Waals surface area contributed by atoms with Gasteiger partial charge in [0.25, 0.3) is 5.91 Å². The number of carbonyl (C=O) groups excluding carboxylic acids is 1. The van der Waals surface area contributed by atoms with Gasteiger partial charge in [-0.15, -0.1) is 0 Å².